The first-order valence-electron chi connectivity index (χ1n) is 12.0. The lowest BCUT2D eigenvalue weighted by atomic mass is 10.0. The number of anilines is 2. The van der Waals surface area contributed by atoms with Gasteiger partial charge in [-0.15, -0.1) is 11.8 Å². The molecule has 2 heterocycles. The van der Waals surface area contributed by atoms with E-state index in [1.54, 1.807) is 18.2 Å². The number of urea groups is 1. The fourth-order valence-corrected chi connectivity index (χ4v) is 6.31. The number of halogens is 2. The Morgan fingerprint density at radius 1 is 1.11 bits per heavy atom. The Balaban J connectivity index is 1.52. The molecule has 1 N–H and O–H groups in total. The number of ether oxygens (including phenoxy) is 1. The average molecular weight is 524 g/mol. The summed E-state index contributed by atoms with van der Waals surface area (Å²) in [6.45, 7) is 4.21. The van der Waals surface area contributed by atoms with Crippen molar-refractivity contribution in [2.24, 2.45) is 0 Å². The molecule has 2 aliphatic heterocycles. The van der Waals surface area contributed by atoms with Gasteiger partial charge in [0.05, 0.1) is 19.3 Å². The molecule has 0 unspecified atom stereocenters. The summed E-state index contributed by atoms with van der Waals surface area (Å²) >= 11 is 1.33. The standard InChI is InChI=1S/C28H27F2N3O3S/c1-17(2)18-7-9-19(10-8-18)31-27(35)33-13-14-37-28(33)22-15-20(36-3)11-12-25(22)32(26(28)34)16-21-23(29)5-4-6-24(21)30/h4-12,15,17H,13-14,16H2,1-3H3,(H,31,35)/t28-/m1/s1. The summed E-state index contributed by atoms with van der Waals surface area (Å²) in [7, 11) is 1.52. The van der Waals surface area contributed by atoms with Gasteiger partial charge in [0.25, 0.3) is 5.91 Å². The molecule has 6 nitrogen and oxygen atoms in total. The Morgan fingerprint density at radius 3 is 2.46 bits per heavy atom. The molecule has 0 bridgehead atoms. The fourth-order valence-electron chi connectivity index (χ4n) is 4.86. The van der Waals surface area contributed by atoms with Crippen molar-refractivity contribution >= 4 is 35.1 Å². The van der Waals surface area contributed by atoms with Gasteiger partial charge >= 0.3 is 6.03 Å². The number of carbonyl (C=O) groups is 2. The van der Waals surface area contributed by atoms with E-state index in [0.29, 0.717) is 40.9 Å². The number of amides is 3. The second-order valence-electron chi connectivity index (χ2n) is 9.33. The first-order valence-corrected chi connectivity index (χ1v) is 13.0. The minimum Gasteiger partial charge on any atom is -0.497 e. The quantitative estimate of drug-likeness (QED) is 0.441. The SMILES string of the molecule is COc1ccc2c(c1)[C@@]1(SCCN1C(=O)Nc1ccc(C(C)C)cc1)C(=O)N2Cc1c(F)cccc1F. The molecule has 1 atom stereocenters. The van der Waals surface area contributed by atoms with Crippen molar-refractivity contribution in [1.82, 2.24) is 4.90 Å². The topological polar surface area (TPSA) is 61.9 Å². The predicted molar refractivity (Wildman–Crippen MR) is 141 cm³/mol. The number of hydrogen-bond acceptors (Lipinski definition) is 4. The molecular weight excluding hydrogens is 496 g/mol. The van der Waals surface area contributed by atoms with Gasteiger partial charge in [-0.05, 0) is 53.9 Å². The zero-order valence-electron chi connectivity index (χ0n) is 20.8. The van der Waals surface area contributed by atoms with E-state index in [1.165, 1.54) is 34.7 Å². The summed E-state index contributed by atoms with van der Waals surface area (Å²) in [5.41, 5.74) is 2.60. The maximum absolute atomic E-state index is 14.5. The summed E-state index contributed by atoms with van der Waals surface area (Å²) in [4.78, 5) is 29.1. The molecule has 3 aromatic rings. The Labute approximate surface area is 218 Å². The van der Waals surface area contributed by atoms with Gasteiger partial charge < -0.3 is 15.0 Å². The van der Waals surface area contributed by atoms with E-state index in [2.05, 4.69) is 19.2 Å². The van der Waals surface area contributed by atoms with Crippen molar-refractivity contribution in [1.29, 1.82) is 0 Å². The number of benzene rings is 3. The number of rotatable bonds is 5. The number of methoxy groups -OCH3 is 1. The lowest BCUT2D eigenvalue weighted by molar-refractivity contribution is -0.123. The van der Waals surface area contributed by atoms with Crippen molar-refractivity contribution in [3.05, 3.63) is 89.0 Å². The highest BCUT2D eigenvalue weighted by Crippen LogP contribution is 2.55. The number of nitrogens with one attached hydrogen (secondary N) is 1. The fraction of sp³-hybridized carbons (Fsp3) is 0.286. The first-order chi connectivity index (χ1) is 17.8. The normalized spacial score (nSPS) is 18.6. The highest BCUT2D eigenvalue weighted by Gasteiger charge is 2.59. The Hall–Kier alpha value is -3.59. The van der Waals surface area contributed by atoms with Crippen molar-refractivity contribution in [2.45, 2.75) is 31.2 Å². The minimum atomic E-state index is -1.38. The van der Waals surface area contributed by atoms with Crippen molar-refractivity contribution in [2.75, 3.05) is 29.6 Å². The van der Waals surface area contributed by atoms with E-state index < -0.39 is 28.4 Å². The first kappa shape index (κ1) is 25.1. The maximum atomic E-state index is 14.5. The van der Waals surface area contributed by atoms with E-state index >= 15 is 0 Å². The van der Waals surface area contributed by atoms with Crippen molar-refractivity contribution in [3.8, 4) is 5.75 Å². The Bertz CT molecular complexity index is 1350. The molecule has 3 aromatic carbocycles. The van der Waals surface area contributed by atoms with Crippen LogP contribution in [-0.4, -0.2) is 36.2 Å². The lowest BCUT2D eigenvalue weighted by Crippen LogP contribution is -2.51. The van der Waals surface area contributed by atoms with E-state index in [4.69, 9.17) is 4.74 Å². The summed E-state index contributed by atoms with van der Waals surface area (Å²) in [6.07, 6.45) is 0. The molecule has 2 aliphatic rings. The predicted octanol–water partition coefficient (Wildman–Crippen LogP) is 6.08. The monoisotopic (exact) mass is 523 g/mol. The molecule has 0 radical (unpaired) electrons. The van der Waals surface area contributed by atoms with Crippen LogP contribution < -0.4 is 15.0 Å². The summed E-state index contributed by atoms with van der Waals surface area (Å²) < 4.78 is 34.5. The van der Waals surface area contributed by atoms with Crippen LogP contribution in [0.3, 0.4) is 0 Å². The maximum Gasteiger partial charge on any atom is 0.323 e. The third-order valence-corrected chi connectivity index (χ3v) is 8.27. The van der Waals surface area contributed by atoms with Gasteiger partial charge in [-0.2, -0.15) is 0 Å². The number of hydrogen-bond donors (Lipinski definition) is 1. The van der Waals surface area contributed by atoms with Gasteiger partial charge in [-0.1, -0.05) is 32.0 Å². The molecule has 1 spiro atoms. The van der Waals surface area contributed by atoms with Gasteiger partial charge in [0.15, 0.2) is 4.87 Å². The van der Waals surface area contributed by atoms with Crippen LogP contribution in [0.1, 0.15) is 36.5 Å². The smallest absolute Gasteiger partial charge is 0.323 e. The third kappa shape index (κ3) is 4.21. The molecule has 9 heteroatoms. The van der Waals surface area contributed by atoms with Crippen LogP contribution >= 0.6 is 11.8 Å². The molecule has 0 saturated carbocycles. The Kier molecular flexibility index (Phi) is 6.58. The zero-order chi connectivity index (χ0) is 26.3. The largest absolute Gasteiger partial charge is 0.497 e. The van der Waals surface area contributed by atoms with Gasteiger partial charge in [-0.3, -0.25) is 9.69 Å². The minimum absolute atomic E-state index is 0.209. The molecule has 5 rings (SSSR count). The summed E-state index contributed by atoms with van der Waals surface area (Å²) in [5, 5.41) is 2.92. The van der Waals surface area contributed by atoms with Crippen LogP contribution in [-0.2, 0) is 16.2 Å². The Morgan fingerprint density at radius 2 is 1.81 bits per heavy atom. The van der Waals surface area contributed by atoms with Crippen LogP contribution in [0.15, 0.2) is 60.7 Å². The van der Waals surface area contributed by atoms with Crippen molar-refractivity contribution in [3.63, 3.8) is 0 Å². The van der Waals surface area contributed by atoms with Gasteiger partial charge in [-0.25, -0.2) is 13.6 Å². The van der Waals surface area contributed by atoms with Crippen LogP contribution in [0, 0.1) is 11.6 Å². The van der Waals surface area contributed by atoms with Gasteiger partial charge in [0.2, 0.25) is 0 Å². The van der Waals surface area contributed by atoms with Gasteiger partial charge in [0, 0.05) is 29.1 Å². The highest BCUT2D eigenvalue weighted by atomic mass is 32.2. The third-order valence-electron chi connectivity index (χ3n) is 6.85. The van der Waals surface area contributed by atoms with Crippen LogP contribution in [0.5, 0.6) is 5.75 Å². The highest BCUT2D eigenvalue weighted by molar-refractivity contribution is 8.01. The molecule has 1 fully saturated rings. The van der Waals surface area contributed by atoms with Crippen LogP contribution in [0.2, 0.25) is 0 Å². The number of nitrogens with zero attached hydrogens (tertiary/aromatic N) is 2. The number of carbonyl (C=O) groups excluding carboxylic acids is 2. The van der Waals surface area contributed by atoms with E-state index in [1.807, 2.05) is 24.3 Å². The molecule has 3 amide bonds. The second-order valence-corrected chi connectivity index (χ2v) is 10.6. The molecule has 0 aliphatic carbocycles. The number of fused-ring (bicyclic) bond motifs is 2. The second kappa shape index (κ2) is 9.70. The number of thioether (sulfide) groups is 1. The molecule has 0 aromatic heterocycles. The van der Waals surface area contributed by atoms with E-state index in [-0.39, 0.29) is 12.1 Å². The molecular formula is C28H27F2N3O3S. The molecule has 1 saturated heterocycles. The van der Waals surface area contributed by atoms with Crippen LogP contribution in [0.25, 0.3) is 0 Å². The summed E-state index contributed by atoms with van der Waals surface area (Å²) in [5.74, 6) is -0.502. The molecule has 37 heavy (non-hydrogen) atoms. The van der Waals surface area contributed by atoms with E-state index in [9.17, 15) is 18.4 Å². The van der Waals surface area contributed by atoms with Crippen molar-refractivity contribution < 1.29 is 23.1 Å². The zero-order valence-corrected chi connectivity index (χ0v) is 21.6. The lowest BCUT2D eigenvalue weighted by Gasteiger charge is -2.33. The average Bonchev–Trinajstić information content (AvgIpc) is 3.43. The van der Waals surface area contributed by atoms with Crippen LogP contribution in [0.4, 0.5) is 25.0 Å². The molecule has 192 valence electrons. The summed E-state index contributed by atoms with van der Waals surface area (Å²) in [6, 6.07) is 15.9. The van der Waals surface area contributed by atoms with Gasteiger partial charge in [0.1, 0.15) is 17.4 Å². The van der Waals surface area contributed by atoms with E-state index in [0.717, 1.165) is 17.7 Å².